The molecular formula is C15H22N2O2. The molecule has 2 N–H and O–H groups in total. The summed E-state index contributed by atoms with van der Waals surface area (Å²) < 4.78 is 0. The molecule has 1 aromatic rings. The molecule has 0 heterocycles. The maximum Gasteiger partial charge on any atom is 0.251 e. The molecule has 0 fully saturated rings. The zero-order valence-corrected chi connectivity index (χ0v) is 12.2. The van der Waals surface area contributed by atoms with Gasteiger partial charge in [-0.3, -0.25) is 9.59 Å². The van der Waals surface area contributed by atoms with Crippen LogP contribution in [0.15, 0.2) is 24.3 Å². The predicted molar refractivity (Wildman–Crippen MR) is 77.1 cm³/mol. The lowest BCUT2D eigenvalue weighted by atomic mass is 10.1. The summed E-state index contributed by atoms with van der Waals surface area (Å²) in [7, 11) is 0. The Labute approximate surface area is 114 Å². The van der Waals surface area contributed by atoms with Crippen LogP contribution in [0.5, 0.6) is 0 Å². The van der Waals surface area contributed by atoms with Crippen LogP contribution in [0.4, 0.5) is 5.69 Å². The molecule has 0 radical (unpaired) electrons. The van der Waals surface area contributed by atoms with Gasteiger partial charge in [-0.05, 0) is 45.0 Å². The fraction of sp³-hybridized carbons (Fsp3) is 0.467. The second kappa shape index (κ2) is 5.87. The van der Waals surface area contributed by atoms with E-state index >= 15 is 0 Å². The topological polar surface area (TPSA) is 58.2 Å². The van der Waals surface area contributed by atoms with Crippen LogP contribution < -0.4 is 10.6 Å². The average molecular weight is 262 g/mol. The number of nitrogens with one attached hydrogen (secondary N) is 2. The monoisotopic (exact) mass is 262 g/mol. The van der Waals surface area contributed by atoms with Crippen LogP contribution in [0.2, 0.25) is 0 Å². The Morgan fingerprint density at radius 2 is 1.58 bits per heavy atom. The van der Waals surface area contributed by atoms with Gasteiger partial charge < -0.3 is 10.6 Å². The number of hydrogen-bond acceptors (Lipinski definition) is 2. The molecule has 0 aliphatic heterocycles. The number of benzene rings is 1. The van der Waals surface area contributed by atoms with E-state index in [0.717, 1.165) is 0 Å². The highest BCUT2D eigenvalue weighted by molar-refractivity contribution is 5.96. The zero-order chi connectivity index (χ0) is 14.6. The zero-order valence-electron chi connectivity index (χ0n) is 12.2. The van der Waals surface area contributed by atoms with Crippen LogP contribution in [0.1, 0.15) is 45.0 Å². The second-order valence-electron chi connectivity index (χ2n) is 5.93. The first kappa shape index (κ1) is 15.2. The van der Waals surface area contributed by atoms with Gasteiger partial charge in [0.2, 0.25) is 5.91 Å². The van der Waals surface area contributed by atoms with Crippen molar-refractivity contribution in [3.8, 4) is 0 Å². The SMILES string of the molecule is CC(C)C(=O)Nc1ccc(C(=O)NC(C)(C)C)cc1. The Bertz CT molecular complexity index is 456. The predicted octanol–water partition coefficient (Wildman–Crippen LogP) is 2.81. The Morgan fingerprint density at radius 3 is 2.00 bits per heavy atom. The van der Waals surface area contributed by atoms with Crippen LogP contribution in [-0.2, 0) is 4.79 Å². The van der Waals surface area contributed by atoms with Gasteiger partial charge in [-0.1, -0.05) is 13.8 Å². The van der Waals surface area contributed by atoms with E-state index in [1.54, 1.807) is 24.3 Å². The maximum atomic E-state index is 11.9. The molecule has 0 spiro atoms. The summed E-state index contributed by atoms with van der Waals surface area (Å²) in [5.74, 6) is -0.218. The molecule has 4 heteroatoms. The van der Waals surface area contributed by atoms with Crippen molar-refractivity contribution >= 4 is 17.5 Å². The molecule has 0 unspecified atom stereocenters. The Hall–Kier alpha value is -1.84. The van der Waals surface area contributed by atoms with E-state index in [-0.39, 0.29) is 23.3 Å². The van der Waals surface area contributed by atoms with Gasteiger partial charge >= 0.3 is 0 Å². The van der Waals surface area contributed by atoms with Gasteiger partial charge in [0, 0.05) is 22.7 Å². The van der Waals surface area contributed by atoms with Crippen LogP contribution in [-0.4, -0.2) is 17.4 Å². The summed E-state index contributed by atoms with van der Waals surface area (Å²) in [6.07, 6.45) is 0. The first-order valence-corrected chi connectivity index (χ1v) is 6.42. The number of rotatable bonds is 3. The van der Waals surface area contributed by atoms with Crippen LogP contribution >= 0.6 is 0 Å². The third-order valence-corrected chi connectivity index (χ3v) is 2.43. The van der Waals surface area contributed by atoms with Gasteiger partial charge in [0.25, 0.3) is 5.91 Å². The molecule has 1 aromatic carbocycles. The van der Waals surface area contributed by atoms with E-state index in [9.17, 15) is 9.59 Å². The average Bonchev–Trinajstić information content (AvgIpc) is 2.27. The largest absolute Gasteiger partial charge is 0.347 e. The van der Waals surface area contributed by atoms with Crippen molar-refractivity contribution in [3.63, 3.8) is 0 Å². The van der Waals surface area contributed by atoms with Gasteiger partial charge in [0.15, 0.2) is 0 Å². The van der Waals surface area contributed by atoms with Crippen LogP contribution in [0.3, 0.4) is 0 Å². The van der Waals surface area contributed by atoms with E-state index in [2.05, 4.69) is 10.6 Å². The molecule has 1 rings (SSSR count). The van der Waals surface area contributed by atoms with Crippen molar-refractivity contribution in [2.45, 2.75) is 40.2 Å². The molecule has 4 nitrogen and oxygen atoms in total. The van der Waals surface area contributed by atoms with Crippen molar-refractivity contribution in [2.75, 3.05) is 5.32 Å². The number of carbonyl (C=O) groups excluding carboxylic acids is 2. The van der Waals surface area contributed by atoms with E-state index in [4.69, 9.17) is 0 Å². The summed E-state index contributed by atoms with van der Waals surface area (Å²) in [6.45, 7) is 9.47. The van der Waals surface area contributed by atoms with Gasteiger partial charge in [0.05, 0.1) is 0 Å². The molecule has 0 aliphatic carbocycles. The first-order valence-electron chi connectivity index (χ1n) is 6.42. The lowest BCUT2D eigenvalue weighted by Gasteiger charge is -2.20. The van der Waals surface area contributed by atoms with Crippen LogP contribution in [0.25, 0.3) is 0 Å². The number of carbonyl (C=O) groups is 2. The number of anilines is 1. The Kier molecular flexibility index (Phi) is 4.70. The maximum absolute atomic E-state index is 11.9. The minimum atomic E-state index is -0.262. The molecule has 19 heavy (non-hydrogen) atoms. The third-order valence-electron chi connectivity index (χ3n) is 2.43. The number of amides is 2. The molecular weight excluding hydrogens is 240 g/mol. The normalized spacial score (nSPS) is 11.3. The fourth-order valence-electron chi connectivity index (χ4n) is 1.40. The van der Waals surface area contributed by atoms with E-state index < -0.39 is 0 Å². The lowest BCUT2D eigenvalue weighted by Crippen LogP contribution is -2.40. The number of hydrogen-bond donors (Lipinski definition) is 2. The molecule has 0 saturated heterocycles. The van der Waals surface area contributed by atoms with Gasteiger partial charge in [0.1, 0.15) is 0 Å². The minimum Gasteiger partial charge on any atom is -0.347 e. The standard InChI is InChI=1S/C15H22N2O2/c1-10(2)13(18)16-12-8-6-11(7-9-12)14(19)17-15(3,4)5/h6-10H,1-5H3,(H,16,18)(H,17,19). The lowest BCUT2D eigenvalue weighted by molar-refractivity contribution is -0.118. The molecule has 0 bridgehead atoms. The fourth-order valence-corrected chi connectivity index (χ4v) is 1.40. The first-order chi connectivity index (χ1) is 8.69. The van der Waals surface area contributed by atoms with Gasteiger partial charge in [-0.25, -0.2) is 0 Å². The highest BCUT2D eigenvalue weighted by Crippen LogP contribution is 2.12. The second-order valence-corrected chi connectivity index (χ2v) is 5.93. The summed E-state index contributed by atoms with van der Waals surface area (Å²) in [6, 6.07) is 6.88. The summed E-state index contributed by atoms with van der Waals surface area (Å²) in [5.41, 5.74) is 1.02. The highest BCUT2D eigenvalue weighted by atomic mass is 16.2. The molecule has 0 aromatic heterocycles. The van der Waals surface area contributed by atoms with Gasteiger partial charge in [-0.15, -0.1) is 0 Å². The van der Waals surface area contributed by atoms with Crippen molar-refractivity contribution < 1.29 is 9.59 Å². The Morgan fingerprint density at radius 1 is 1.05 bits per heavy atom. The third kappa shape index (κ3) is 5.12. The Balaban J connectivity index is 2.71. The van der Waals surface area contributed by atoms with Crippen molar-refractivity contribution in [1.82, 2.24) is 5.32 Å². The molecule has 2 amide bonds. The summed E-state index contributed by atoms with van der Waals surface area (Å²) in [5, 5.41) is 5.67. The van der Waals surface area contributed by atoms with E-state index in [0.29, 0.717) is 11.3 Å². The van der Waals surface area contributed by atoms with E-state index in [1.807, 2.05) is 34.6 Å². The van der Waals surface area contributed by atoms with Crippen molar-refractivity contribution in [1.29, 1.82) is 0 Å². The summed E-state index contributed by atoms with van der Waals surface area (Å²) >= 11 is 0. The minimum absolute atomic E-state index is 0.0353. The van der Waals surface area contributed by atoms with Crippen molar-refractivity contribution in [2.24, 2.45) is 5.92 Å². The van der Waals surface area contributed by atoms with Crippen LogP contribution in [0, 0.1) is 5.92 Å². The smallest absolute Gasteiger partial charge is 0.251 e. The molecule has 0 saturated carbocycles. The quantitative estimate of drug-likeness (QED) is 0.880. The highest BCUT2D eigenvalue weighted by Gasteiger charge is 2.15. The molecule has 0 aliphatic rings. The van der Waals surface area contributed by atoms with Gasteiger partial charge in [-0.2, -0.15) is 0 Å². The molecule has 104 valence electrons. The molecule has 0 atom stereocenters. The van der Waals surface area contributed by atoms with E-state index in [1.165, 1.54) is 0 Å². The van der Waals surface area contributed by atoms with Crippen molar-refractivity contribution in [3.05, 3.63) is 29.8 Å². The summed E-state index contributed by atoms with van der Waals surface area (Å²) in [4.78, 5) is 23.4.